The Hall–Kier alpha value is -3.02. The first kappa shape index (κ1) is 26.6. The number of amidine groups is 1. The predicted octanol–water partition coefficient (Wildman–Crippen LogP) is 4.77. The number of likely N-dealkylation sites (tertiary alicyclic amines) is 1. The number of likely N-dealkylation sites (N-methyl/N-ethyl adjacent to an activating group) is 1. The van der Waals surface area contributed by atoms with Gasteiger partial charge in [0.15, 0.2) is 0 Å². The van der Waals surface area contributed by atoms with Gasteiger partial charge in [-0.3, -0.25) is 9.48 Å². The summed E-state index contributed by atoms with van der Waals surface area (Å²) in [6, 6.07) is 8.84. The van der Waals surface area contributed by atoms with Crippen LogP contribution in [0.4, 0.5) is 13.2 Å². The molecule has 5 rings (SSSR count). The Bertz CT molecular complexity index is 1480. The molecular formula is C26H25ClF3N5O2S. The lowest BCUT2D eigenvalue weighted by Crippen LogP contribution is -2.36. The molecule has 1 aromatic heterocycles. The van der Waals surface area contributed by atoms with Crippen LogP contribution in [-0.2, 0) is 28.3 Å². The number of alkyl halides is 3. The normalized spacial score (nSPS) is 19.6. The van der Waals surface area contributed by atoms with Crippen LogP contribution in [0.3, 0.4) is 0 Å². The van der Waals surface area contributed by atoms with Gasteiger partial charge < -0.3 is 9.80 Å². The number of rotatable bonds is 6. The Kier molecular flexibility index (Phi) is 7.43. The lowest BCUT2D eigenvalue weighted by molar-refractivity contribution is -0.138. The van der Waals surface area contributed by atoms with E-state index in [1.807, 2.05) is 0 Å². The van der Waals surface area contributed by atoms with E-state index in [1.54, 1.807) is 42.4 Å². The van der Waals surface area contributed by atoms with E-state index in [9.17, 15) is 22.2 Å². The van der Waals surface area contributed by atoms with E-state index in [4.69, 9.17) is 11.6 Å². The van der Waals surface area contributed by atoms with E-state index in [0.717, 1.165) is 25.7 Å². The van der Waals surface area contributed by atoms with Gasteiger partial charge in [0.2, 0.25) is 5.17 Å². The minimum atomic E-state index is -4.55. The van der Waals surface area contributed by atoms with E-state index in [-0.39, 0.29) is 27.2 Å². The molecule has 3 aromatic rings. The molecule has 38 heavy (non-hydrogen) atoms. The Morgan fingerprint density at radius 1 is 1.16 bits per heavy atom. The first-order valence-electron chi connectivity index (χ1n) is 12.1. The number of hydrogen-bond acceptors (Lipinski definition) is 5. The molecule has 7 nitrogen and oxygen atoms in total. The highest BCUT2D eigenvalue weighted by atomic mass is 35.5. The molecule has 12 heteroatoms. The Morgan fingerprint density at radius 3 is 2.66 bits per heavy atom. The number of hydrogen-bond donors (Lipinski definition) is 0. The summed E-state index contributed by atoms with van der Waals surface area (Å²) < 4.78 is 55.1. The van der Waals surface area contributed by atoms with Gasteiger partial charge in [0, 0.05) is 30.5 Å². The van der Waals surface area contributed by atoms with Crippen LogP contribution in [0.1, 0.15) is 29.5 Å². The van der Waals surface area contributed by atoms with Gasteiger partial charge in [0.25, 0.3) is 5.91 Å². The molecule has 0 spiro atoms. The number of carbonyl (C=O) groups is 1. The highest BCUT2D eigenvalue weighted by molar-refractivity contribution is 8.05. The van der Waals surface area contributed by atoms with Crippen molar-refractivity contribution in [3.05, 3.63) is 69.2 Å². The van der Waals surface area contributed by atoms with Gasteiger partial charge >= 0.3 is 6.18 Å². The van der Waals surface area contributed by atoms with Gasteiger partial charge in [-0.15, -0.1) is 0 Å². The van der Waals surface area contributed by atoms with E-state index in [2.05, 4.69) is 15.0 Å². The molecule has 1 amide bonds. The number of carbonyl (C=O) groups excluding carboxylic acids is 1. The van der Waals surface area contributed by atoms with Crippen LogP contribution in [0.2, 0.25) is 5.02 Å². The fourth-order valence-electron chi connectivity index (χ4n) is 4.68. The van der Waals surface area contributed by atoms with Gasteiger partial charge in [0.1, 0.15) is 15.7 Å². The smallest absolute Gasteiger partial charge is 0.351 e. The van der Waals surface area contributed by atoms with Crippen LogP contribution in [0.25, 0.3) is 17.0 Å². The maximum atomic E-state index is 13.5. The number of aliphatic imine (C=N–C) groups is 1. The topological polar surface area (TPSA) is 70.8 Å². The van der Waals surface area contributed by atoms with Gasteiger partial charge in [-0.05, 0) is 67.4 Å². The van der Waals surface area contributed by atoms with Gasteiger partial charge in [-0.1, -0.05) is 23.7 Å². The number of aromatic nitrogens is 2. The third kappa shape index (κ3) is 5.55. The monoisotopic (exact) mass is 563 g/mol. The zero-order valence-electron chi connectivity index (χ0n) is 20.5. The fourth-order valence-corrected chi connectivity index (χ4v) is 6.04. The average molecular weight is 564 g/mol. The number of halogens is 4. The molecule has 2 aliphatic rings. The fraction of sp³-hybridized carbons (Fsp3) is 0.346. The van der Waals surface area contributed by atoms with Crippen LogP contribution in [0.15, 0.2) is 52.5 Å². The van der Waals surface area contributed by atoms with E-state index in [1.165, 1.54) is 29.7 Å². The summed E-state index contributed by atoms with van der Waals surface area (Å²) in [6.07, 6.45) is 0.903. The maximum absolute atomic E-state index is 13.5. The molecule has 3 heterocycles. The van der Waals surface area contributed by atoms with Gasteiger partial charge in [-0.2, -0.15) is 23.3 Å². The molecule has 1 unspecified atom stereocenters. The number of fused-ring (bicyclic) bond motifs is 1. The molecule has 0 radical (unpaired) electrons. The Morgan fingerprint density at radius 2 is 1.92 bits per heavy atom. The zero-order chi connectivity index (χ0) is 27.0. The average Bonchev–Trinajstić information content (AvgIpc) is 3.60. The highest BCUT2D eigenvalue weighted by Crippen LogP contribution is 2.34. The van der Waals surface area contributed by atoms with Crippen molar-refractivity contribution < 1.29 is 22.2 Å². The maximum Gasteiger partial charge on any atom is 0.416 e. The number of amides is 1. The van der Waals surface area contributed by atoms with Crippen molar-refractivity contribution in [1.82, 2.24) is 19.6 Å². The summed E-state index contributed by atoms with van der Waals surface area (Å²) >= 11 is 5.79. The van der Waals surface area contributed by atoms with Crippen LogP contribution < -0.4 is 0 Å². The van der Waals surface area contributed by atoms with Gasteiger partial charge in [-0.25, -0.2) is 4.21 Å². The number of benzene rings is 2. The standard InChI is InChI=1S/C26H25ClF3N5O2S/c1-33(10-11-34-8-2-3-9-34)25-32-24(36)23(38(25)37)13-17-4-7-22-19(12-17)15-31-35(22)16-18-5-6-20(27)14-21(18)26(28,29)30/h4-7,12-15H,2-3,8-11,16H2,1H3. The van der Waals surface area contributed by atoms with Crippen LogP contribution in [-0.4, -0.2) is 68.1 Å². The van der Waals surface area contributed by atoms with Crippen molar-refractivity contribution in [2.75, 3.05) is 33.2 Å². The Balaban J connectivity index is 1.33. The lowest BCUT2D eigenvalue weighted by Gasteiger charge is -2.21. The first-order valence-corrected chi connectivity index (χ1v) is 13.6. The largest absolute Gasteiger partial charge is 0.416 e. The second kappa shape index (κ2) is 10.6. The third-order valence-corrected chi connectivity index (χ3v) is 8.37. The summed E-state index contributed by atoms with van der Waals surface area (Å²) in [7, 11) is 0.0866. The third-order valence-electron chi connectivity index (χ3n) is 6.71. The summed E-state index contributed by atoms with van der Waals surface area (Å²) in [6.45, 7) is 3.45. The van der Waals surface area contributed by atoms with Crippen molar-refractivity contribution in [1.29, 1.82) is 0 Å². The van der Waals surface area contributed by atoms with Crippen molar-refractivity contribution in [3.8, 4) is 0 Å². The lowest BCUT2D eigenvalue weighted by atomic mass is 10.1. The molecule has 0 saturated carbocycles. The molecule has 1 atom stereocenters. The quantitative estimate of drug-likeness (QED) is 0.404. The number of nitrogens with zero attached hydrogens (tertiary/aromatic N) is 5. The van der Waals surface area contributed by atoms with Crippen LogP contribution in [0.5, 0.6) is 0 Å². The summed E-state index contributed by atoms with van der Waals surface area (Å²) in [5.74, 6) is -0.537. The Labute approximate surface area is 225 Å². The summed E-state index contributed by atoms with van der Waals surface area (Å²) in [4.78, 5) is 20.8. The van der Waals surface area contributed by atoms with Crippen molar-refractivity contribution in [2.45, 2.75) is 25.6 Å². The molecular weight excluding hydrogens is 539 g/mol. The minimum Gasteiger partial charge on any atom is -0.351 e. The van der Waals surface area contributed by atoms with Crippen molar-refractivity contribution >= 4 is 50.5 Å². The van der Waals surface area contributed by atoms with Crippen molar-refractivity contribution in [2.24, 2.45) is 4.99 Å². The molecule has 1 saturated heterocycles. The first-order chi connectivity index (χ1) is 18.1. The summed E-state index contributed by atoms with van der Waals surface area (Å²) in [5.41, 5.74) is 0.474. The van der Waals surface area contributed by atoms with E-state index < -0.39 is 28.4 Å². The van der Waals surface area contributed by atoms with E-state index >= 15 is 0 Å². The minimum absolute atomic E-state index is 0.00727. The molecule has 1 fully saturated rings. The second-order valence-electron chi connectivity index (χ2n) is 9.37. The zero-order valence-corrected chi connectivity index (χ0v) is 22.1. The second-order valence-corrected chi connectivity index (χ2v) is 11.1. The molecule has 0 bridgehead atoms. The van der Waals surface area contributed by atoms with E-state index in [0.29, 0.717) is 23.0 Å². The highest BCUT2D eigenvalue weighted by Gasteiger charge is 2.34. The molecule has 2 aromatic carbocycles. The molecule has 2 aliphatic heterocycles. The molecule has 0 N–H and O–H groups in total. The predicted molar refractivity (Wildman–Crippen MR) is 142 cm³/mol. The molecule has 200 valence electrons. The van der Waals surface area contributed by atoms with Crippen LogP contribution >= 0.6 is 11.6 Å². The van der Waals surface area contributed by atoms with Crippen molar-refractivity contribution in [3.63, 3.8) is 0 Å². The summed E-state index contributed by atoms with van der Waals surface area (Å²) in [5, 5.41) is 5.19. The SMILES string of the molecule is CN(CCN1CCCC1)C1=NC(=O)C(=Cc2ccc3c(cnn3Cc3ccc(Cl)cc3C(F)(F)F)c2)S1=O. The molecule has 0 aliphatic carbocycles. The van der Waals surface area contributed by atoms with Crippen LogP contribution in [0, 0.1) is 0 Å². The van der Waals surface area contributed by atoms with Gasteiger partial charge in [0.05, 0.1) is 23.8 Å².